The number of ether oxygens (including phenoxy) is 2. The van der Waals surface area contributed by atoms with Crippen molar-refractivity contribution in [3.63, 3.8) is 0 Å². The predicted molar refractivity (Wildman–Crippen MR) is 109 cm³/mol. The molecule has 1 aromatic carbocycles. The average Bonchev–Trinajstić information content (AvgIpc) is 2.66. The van der Waals surface area contributed by atoms with Gasteiger partial charge in [0.15, 0.2) is 5.82 Å². The molecule has 0 atom stereocenters. The average molecular weight is 410 g/mol. The number of hydrogen-bond acceptors (Lipinski definition) is 8. The third kappa shape index (κ3) is 5.96. The molecule has 0 aliphatic rings. The fourth-order valence-electron chi connectivity index (χ4n) is 2.38. The van der Waals surface area contributed by atoms with Gasteiger partial charge in [0.2, 0.25) is 10.0 Å². The van der Waals surface area contributed by atoms with E-state index in [2.05, 4.69) is 20.2 Å². The fourth-order valence-corrected chi connectivity index (χ4v) is 3.53. The van der Waals surface area contributed by atoms with Crippen LogP contribution in [0.3, 0.4) is 0 Å². The third-order valence-electron chi connectivity index (χ3n) is 3.70. The van der Waals surface area contributed by atoms with Gasteiger partial charge in [-0.2, -0.15) is 5.10 Å². The zero-order chi connectivity index (χ0) is 20.6. The van der Waals surface area contributed by atoms with Gasteiger partial charge in [0.25, 0.3) is 0 Å². The molecule has 0 aliphatic carbocycles. The van der Waals surface area contributed by atoms with Crippen LogP contribution in [0.5, 0.6) is 11.5 Å². The second-order valence-electron chi connectivity index (χ2n) is 5.99. The van der Waals surface area contributed by atoms with Crippen LogP contribution in [0.1, 0.15) is 13.8 Å². The largest absolute Gasteiger partial charge is 0.494 e. The lowest BCUT2D eigenvalue weighted by atomic mass is 10.3. The molecule has 0 radical (unpaired) electrons. The lowest BCUT2D eigenvalue weighted by Gasteiger charge is -2.14. The number of hydrogen-bond donors (Lipinski definition) is 2. The summed E-state index contributed by atoms with van der Waals surface area (Å²) in [5.74, 6) is 1.39. The summed E-state index contributed by atoms with van der Waals surface area (Å²) in [6.07, 6.45) is 1.65. The molecular formula is C18H27N5O4S. The first kappa shape index (κ1) is 21.7. The minimum atomic E-state index is -3.74. The van der Waals surface area contributed by atoms with E-state index in [0.29, 0.717) is 31.3 Å². The molecule has 0 spiro atoms. The molecule has 0 fully saturated rings. The SMILES string of the molecule is CCOc1ccc(S(=O)(=O)NCCNc2cc(N(C)C)cnn2)c(OCC)c1. The molecule has 0 saturated carbocycles. The third-order valence-corrected chi connectivity index (χ3v) is 5.20. The lowest BCUT2D eigenvalue weighted by molar-refractivity contribution is 0.317. The normalized spacial score (nSPS) is 11.1. The maximum atomic E-state index is 12.7. The summed E-state index contributed by atoms with van der Waals surface area (Å²) in [6, 6.07) is 6.52. The summed E-state index contributed by atoms with van der Waals surface area (Å²) in [5.41, 5.74) is 0.897. The second-order valence-corrected chi connectivity index (χ2v) is 7.73. The van der Waals surface area contributed by atoms with Crippen LogP contribution in [-0.2, 0) is 10.0 Å². The Morgan fingerprint density at radius 1 is 1.07 bits per heavy atom. The zero-order valence-electron chi connectivity index (χ0n) is 16.6. The van der Waals surface area contributed by atoms with E-state index in [-0.39, 0.29) is 17.2 Å². The van der Waals surface area contributed by atoms with Crippen molar-refractivity contribution in [3.8, 4) is 11.5 Å². The quantitative estimate of drug-likeness (QED) is 0.541. The predicted octanol–water partition coefficient (Wildman–Crippen LogP) is 1.73. The van der Waals surface area contributed by atoms with Crippen LogP contribution in [0, 0.1) is 0 Å². The van der Waals surface area contributed by atoms with Crippen LogP contribution in [0.4, 0.5) is 11.5 Å². The molecule has 0 unspecified atom stereocenters. The van der Waals surface area contributed by atoms with Crippen molar-refractivity contribution < 1.29 is 17.9 Å². The van der Waals surface area contributed by atoms with E-state index in [0.717, 1.165) is 5.69 Å². The molecule has 154 valence electrons. The topological polar surface area (TPSA) is 106 Å². The van der Waals surface area contributed by atoms with Crippen LogP contribution in [0.25, 0.3) is 0 Å². The molecule has 0 saturated heterocycles. The Hall–Kier alpha value is -2.59. The summed E-state index contributed by atoms with van der Waals surface area (Å²) < 4.78 is 38.8. The van der Waals surface area contributed by atoms with E-state index < -0.39 is 10.0 Å². The van der Waals surface area contributed by atoms with Crippen LogP contribution >= 0.6 is 0 Å². The molecule has 0 aliphatic heterocycles. The van der Waals surface area contributed by atoms with Crippen molar-refractivity contribution in [1.82, 2.24) is 14.9 Å². The van der Waals surface area contributed by atoms with E-state index >= 15 is 0 Å². The van der Waals surface area contributed by atoms with Crippen molar-refractivity contribution in [2.45, 2.75) is 18.7 Å². The van der Waals surface area contributed by atoms with Crippen LogP contribution in [0.15, 0.2) is 35.4 Å². The summed E-state index contributed by atoms with van der Waals surface area (Å²) in [5, 5.41) is 10.9. The Kier molecular flexibility index (Phi) is 7.82. The zero-order valence-corrected chi connectivity index (χ0v) is 17.4. The van der Waals surface area contributed by atoms with Crippen molar-refractivity contribution in [2.24, 2.45) is 0 Å². The van der Waals surface area contributed by atoms with Gasteiger partial charge in [-0.25, -0.2) is 13.1 Å². The molecule has 2 rings (SSSR count). The Balaban J connectivity index is 2.00. The van der Waals surface area contributed by atoms with Gasteiger partial charge in [0.1, 0.15) is 16.4 Å². The van der Waals surface area contributed by atoms with E-state index in [1.807, 2.05) is 32.0 Å². The molecule has 9 nitrogen and oxygen atoms in total. The highest BCUT2D eigenvalue weighted by molar-refractivity contribution is 7.89. The molecule has 1 aromatic heterocycles. The standard InChI is InChI=1S/C18H27N5O4S/c1-5-26-15-7-8-17(16(12-15)27-6-2)28(24,25)21-10-9-19-18-11-14(23(3)4)13-20-22-18/h7-8,11-13,21H,5-6,9-10H2,1-4H3,(H,19,22). The maximum Gasteiger partial charge on any atom is 0.244 e. The van der Waals surface area contributed by atoms with Crippen LogP contribution in [0.2, 0.25) is 0 Å². The summed E-state index contributed by atoms with van der Waals surface area (Å²) in [4.78, 5) is 1.98. The Morgan fingerprint density at radius 2 is 1.82 bits per heavy atom. The molecule has 2 aromatic rings. The van der Waals surface area contributed by atoms with Gasteiger partial charge < -0.3 is 19.7 Å². The summed E-state index contributed by atoms with van der Waals surface area (Å²) >= 11 is 0. The van der Waals surface area contributed by atoms with Gasteiger partial charge in [-0.15, -0.1) is 5.10 Å². The molecule has 28 heavy (non-hydrogen) atoms. The number of aromatic nitrogens is 2. The highest BCUT2D eigenvalue weighted by atomic mass is 32.2. The number of benzene rings is 1. The lowest BCUT2D eigenvalue weighted by Crippen LogP contribution is -2.29. The van der Waals surface area contributed by atoms with Crippen molar-refractivity contribution in [3.05, 3.63) is 30.5 Å². The number of sulfonamides is 1. The van der Waals surface area contributed by atoms with Crippen LogP contribution < -0.4 is 24.4 Å². The van der Waals surface area contributed by atoms with Gasteiger partial charge in [-0.3, -0.25) is 0 Å². The Labute approximate surface area is 166 Å². The van der Waals surface area contributed by atoms with Crippen molar-refractivity contribution in [1.29, 1.82) is 0 Å². The minimum Gasteiger partial charge on any atom is -0.494 e. The fraction of sp³-hybridized carbons (Fsp3) is 0.444. The summed E-state index contributed by atoms with van der Waals surface area (Å²) in [7, 11) is 0.0733. The maximum absolute atomic E-state index is 12.7. The molecule has 0 amide bonds. The molecule has 10 heteroatoms. The van der Waals surface area contributed by atoms with E-state index in [1.54, 1.807) is 25.3 Å². The van der Waals surface area contributed by atoms with Gasteiger partial charge in [0, 0.05) is 39.3 Å². The van der Waals surface area contributed by atoms with Gasteiger partial charge in [0.05, 0.1) is 25.1 Å². The first-order chi connectivity index (χ1) is 13.4. The van der Waals surface area contributed by atoms with Crippen LogP contribution in [-0.4, -0.2) is 59.0 Å². The highest BCUT2D eigenvalue weighted by Gasteiger charge is 2.20. The number of nitrogens with one attached hydrogen (secondary N) is 2. The van der Waals surface area contributed by atoms with E-state index in [1.165, 1.54) is 6.07 Å². The van der Waals surface area contributed by atoms with Gasteiger partial charge in [-0.05, 0) is 26.0 Å². The molecular weight excluding hydrogens is 382 g/mol. The summed E-state index contributed by atoms with van der Waals surface area (Å²) in [6.45, 7) is 5.02. The smallest absolute Gasteiger partial charge is 0.244 e. The minimum absolute atomic E-state index is 0.0761. The molecule has 2 N–H and O–H groups in total. The van der Waals surface area contributed by atoms with Crippen molar-refractivity contribution in [2.75, 3.05) is 50.6 Å². The van der Waals surface area contributed by atoms with Crippen molar-refractivity contribution >= 4 is 21.5 Å². The first-order valence-electron chi connectivity index (χ1n) is 9.00. The highest BCUT2D eigenvalue weighted by Crippen LogP contribution is 2.28. The van der Waals surface area contributed by atoms with E-state index in [9.17, 15) is 8.42 Å². The monoisotopic (exact) mass is 409 g/mol. The Bertz CT molecular complexity index is 874. The van der Waals surface area contributed by atoms with E-state index in [4.69, 9.17) is 9.47 Å². The number of nitrogens with zero attached hydrogens (tertiary/aromatic N) is 3. The number of rotatable bonds is 11. The van der Waals surface area contributed by atoms with Gasteiger partial charge in [-0.1, -0.05) is 0 Å². The van der Waals surface area contributed by atoms with Gasteiger partial charge >= 0.3 is 0 Å². The molecule has 0 bridgehead atoms. The first-order valence-corrected chi connectivity index (χ1v) is 10.5. The number of anilines is 2. The molecule has 1 heterocycles. The Morgan fingerprint density at radius 3 is 2.50 bits per heavy atom. The second kappa shape index (κ2) is 10.1.